The molecular formula is C14H17ClN2O4. The number of carbonyl (C=O) groups is 2. The van der Waals surface area contributed by atoms with Gasteiger partial charge in [-0.25, -0.2) is 4.79 Å². The minimum Gasteiger partial charge on any atom is -0.480 e. The fourth-order valence-electron chi connectivity index (χ4n) is 2.01. The molecule has 1 amide bonds. The molecule has 0 aliphatic heterocycles. The van der Waals surface area contributed by atoms with E-state index in [4.69, 9.17) is 10.2 Å². The predicted octanol–water partition coefficient (Wildman–Crippen LogP) is 1.08. The fraction of sp³-hybridized carbons (Fsp3) is 0.286. The van der Waals surface area contributed by atoms with Gasteiger partial charge in [0.2, 0.25) is 5.91 Å². The number of hydrogen-bond acceptors (Lipinski definition) is 3. The molecule has 4 N–H and O–H groups in total. The minimum absolute atomic E-state index is 0. The van der Waals surface area contributed by atoms with Gasteiger partial charge in [0.1, 0.15) is 12.1 Å². The molecule has 0 saturated carbocycles. The summed E-state index contributed by atoms with van der Waals surface area (Å²) in [6.07, 6.45) is 0.646. The third kappa shape index (κ3) is 3.96. The lowest BCUT2D eigenvalue weighted by Crippen LogP contribution is -2.45. The minimum atomic E-state index is -1.24. The van der Waals surface area contributed by atoms with Gasteiger partial charge < -0.3 is 20.5 Å². The smallest absolute Gasteiger partial charge is 0.326 e. The van der Waals surface area contributed by atoms with Crippen molar-refractivity contribution in [2.75, 3.05) is 0 Å². The van der Waals surface area contributed by atoms with Gasteiger partial charge in [-0.1, -0.05) is 18.2 Å². The van der Waals surface area contributed by atoms with Crippen LogP contribution in [0.1, 0.15) is 12.5 Å². The van der Waals surface area contributed by atoms with Crippen LogP contribution < -0.4 is 5.32 Å². The van der Waals surface area contributed by atoms with E-state index in [1.807, 2.05) is 24.3 Å². The molecule has 0 aliphatic carbocycles. The van der Waals surface area contributed by atoms with Crippen LogP contribution in [0, 0.1) is 0 Å². The lowest BCUT2D eigenvalue weighted by molar-refractivity contribution is -0.143. The molecule has 0 spiro atoms. The summed E-state index contributed by atoms with van der Waals surface area (Å²) in [5.41, 5.74) is 1.72. The van der Waals surface area contributed by atoms with Gasteiger partial charge in [-0.15, -0.1) is 12.4 Å². The first-order valence-electron chi connectivity index (χ1n) is 6.25. The van der Waals surface area contributed by atoms with Gasteiger partial charge in [-0.3, -0.25) is 4.79 Å². The summed E-state index contributed by atoms with van der Waals surface area (Å²) in [5.74, 6) is -1.83. The van der Waals surface area contributed by atoms with Crippen molar-refractivity contribution in [1.82, 2.24) is 10.3 Å². The number of aliphatic carboxylic acids is 1. The number of aromatic nitrogens is 1. The second kappa shape index (κ2) is 7.10. The van der Waals surface area contributed by atoms with Crippen molar-refractivity contribution in [3.05, 3.63) is 36.0 Å². The molecule has 114 valence electrons. The molecule has 0 saturated heterocycles. The van der Waals surface area contributed by atoms with Gasteiger partial charge in [0, 0.05) is 23.5 Å². The number of carboxylic acid groups (broad SMARTS) is 1. The standard InChI is InChI=1S/C14H16N2O4.ClH/c1-8(17)13(18)16-12(14(19)20)6-9-7-15-11-5-3-2-4-10(9)11;/h2-5,7-8,12,15,17H,6H2,1H3,(H,16,18)(H,19,20);1H/t8?,12-;/m0./s1. The summed E-state index contributed by atoms with van der Waals surface area (Å²) < 4.78 is 0. The van der Waals surface area contributed by atoms with E-state index < -0.39 is 24.0 Å². The molecule has 2 atom stereocenters. The summed E-state index contributed by atoms with van der Waals surface area (Å²) >= 11 is 0. The van der Waals surface area contributed by atoms with Crippen LogP contribution in [-0.4, -0.2) is 39.2 Å². The number of carbonyl (C=O) groups excluding carboxylic acids is 1. The zero-order valence-corrected chi connectivity index (χ0v) is 12.2. The number of para-hydroxylation sites is 1. The van der Waals surface area contributed by atoms with Crippen LogP contribution in [0.25, 0.3) is 10.9 Å². The Morgan fingerprint density at radius 2 is 2.00 bits per heavy atom. The molecule has 0 aliphatic rings. The van der Waals surface area contributed by atoms with Crippen molar-refractivity contribution in [1.29, 1.82) is 0 Å². The fourth-order valence-corrected chi connectivity index (χ4v) is 2.01. The molecule has 1 heterocycles. The summed E-state index contributed by atoms with van der Waals surface area (Å²) in [4.78, 5) is 25.7. The highest BCUT2D eigenvalue weighted by atomic mass is 35.5. The number of aliphatic hydroxyl groups excluding tert-OH is 1. The highest BCUT2D eigenvalue weighted by Crippen LogP contribution is 2.19. The Balaban J connectivity index is 0.00000220. The lowest BCUT2D eigenvalue weighted by Gasteiger charge is -2.15. The average molecular weight is 313 g/mol. The molecule has 0 radical (unpaired) electrons. The Bertz CT molecular complexity index is 639. The number of aliphatic hydroxyl groups is 1. The molecule has 0 bridgehead atoms. The SMILES string of the molecule is CC(O)C(=O)N[C@@H](Cc1c[nH]c2ccccc12)C(=O)O.Cl. The Kier molecular flexibility index (Phi) is 5.75. The van der Waals surface area contributed by atoms with E-state index in [-0.39, 0.29) is 18.8 Å². The number of benzene rings is 1. The Morgan fingerprint density at radius 1 is 1.33 bits per heavy atom. The first-order chi connectivity index (χ1) is 9.49. The van der Waals surface area contributed by atoms with Gasteiger partial charge in [0.15, 0.2) is 0 Å². The second-order valence-electron chi connectivity index (χ2n) is 4.64. The number of carboxylic acids is 1. The number of H-pyrrole nitrogens is 1. The first kappa shape index (κ1) is 17.0. The number of amides is 1. The Morgan fingerprint density at radius 3 is 2.62 bits per heavy atom. The molecule has 2 aromatic rings. The number of halogens is 1. The highest BCUT2D eigenvalue weighted by molar-refractivity contribution is 5.87. The van der Waals surface area contributed by atoms with Crippen LogP contribution in [0.5, 0.6) is 0 Å². The Hall–Kier alpha value is -2.05. The van der Waals surface area contributed by atoms with Crippen LogP contribution in [0.3, 0.4) is 0 Å². The quantitative estimate of drug-likeness (QED) is 0.663. The molecule has 1 aromatic heterocycles. The summed E-state index contributed by atoms with van der Waals surface area (Å²) in [7, 11) is 0. The summed E-state index contributed by atoms with van der Waals surface area (Å²) in [6.45, 7) is 1.29. The molecule has 0 fully saturated rings. The zero-order chi connectivity index (χ0) is 14.7. The van der Waals surface area contributed by atoms with Crippen LogP contribution in [0.2, 0.25) is 0 Å². The maximum Gasteiger partial charge on any atom is 0.326 e. The van der Waals surface area contributed by atoms with Crippen molar-refractivity contribution in [3.63, 3.8) is 0 Å². The van der Waals surface area contributed by atoms with Gasteiger partial charge in [-0.05, 0) is 18.6 Å². The maximum absolute atomic E-state index is 11.4. The maximum atomic E-state index is 11.4. The van der Waals surface area contributed by atoms with Crippen molar-refractivity contribution in [2.24, 2.45) is 0 Å². The van der Waals surface area contributed by atoms with Crippen LogP contribution >= 0.6 is 12.4 Å². The summed E-state index contributed by atoms with van der Waals surface area (Å²) in [6, 6.07) is 6.45. The number of aromatic amines is 1. The molecule has 6 nitrogen and oxygen atoms in total. The molecule has 1 unspecified atom stereocenters. The normalized spacial score (nSPS) is 13.2. The largest absolute Gasteiger partial charge is 0.480 e. The van der Waals surface area contributed by atoms with E-state index in [0.29, 0.717) is 0 Å². The van der Waals surface area contributed by atoms with Crippen LogP contribution in [-0.2, 0) is 16.0 Å². The lowest BCUT2D eigenvalue weighted by atomic mass is 10.0. The van der Waals surface area contributed by atoms with Gasteiger partial charge in [-0.2, -0.15) is 0 Å². The van der Waals surface area contributed by atoms with Crippen molar-refractivity contribution >= 4 is 35.2 Å². The number of rotatable bonds is 5. The predicted molar refractivity (Wildman–Crippen MR) is 80.5 cm³/mol. The first-order valence-corrected chi connectivity index (χ1v) is 6.25. The second-order valence-corrected chi connectivity index (χ2v) is 4.64. The summed E-state index contributed by atoms with van der Waals surface area (Å²) in [5, 5.41) is 21.5. The van der Waals surface area contributed by atoms with Gasteiger partial charge in [0.05, 0.1) is 0 Å². The van der Waals surface area contributed by atoms with Crippen LogP contribution in [0.15, 0.2) is 30.5 Å². The number of fused-ring (bicyclic) bond motifs is 1. The molecule has 7 heteroatoms. The molecular weight excluding hydrogens is 296 g/mol. The molecule has 1 aromatic carbocycles. The van der Waals surface area contributed by atoms with Gasteiger partial charge in [0.25, 0.3) is 0 Å². The van der Waals surface area contributed by atoms with E-state index in [9.17, 15) is 9.59 Å². The van der Waals surface area contributed by atoms with E-state index in [2.05, 4.69) is 10.3 Å². The average Bonchev–Trinajstić information content (AvgIpc) is 2.81. The van der Waals surface area contributed by atoms with Crippen molar-refractivity contribution in [2.45, 2.75) is 25.5 Å². The van der Waals surface area contributed by atoms with E-state index in [1.54, 1.807) is 6.20 Å². The van der Waals surface area contributed by atoms with E-state index in [1.165, 1.54) is 6.92 Å². The third-order valence-corrected chi connectivity index (χ3v) is 3.09. The third-order valence-electron chi connectivity index (χ3n) is 3.09. The number of nitrogens with one attached hydrogen (secondary N) is 2. The molecule has 21 heavy (non-hydrogen) atoms. The van der Waals surface area contributed by atoms with Crippen molar-refractivity contribution < 1.29 is 19.8 Å². The van der Waals surface area contributed by atoms with Crippen molar-refractivity contribution in [3.8, 4) is 0 Å². The topological polar surface area (TPSA) is 102 Å². The van der Waals surface area contributed by atoms with Crippen LogP contribution in [0.4, 0.5) is 0 Å². The van der Waals surface area contributed by atoms with Gasteiger partial charge >= 0.3 is 5.97 Å². The number of hydrogen-bond donors (Lipinski definition) is 4. The van der Waals surface area contributed by atoms with E-state index >= 15 is 0 Å². The monoisotopic (exact) mass is 312 g/mol. The van der Waals surface area contributed by atoms with E-state index in [0.717, 1.165) is 16.5 Å². The highest BCUT2D eigenvalue weighted by Gasteiger charge is 2.23. The molecule has 2 rings (SSSR count). The zero-order valence-electron chi connectivity index (χ0n) is 11.4. The Labute approximate surface area is 127 Å².